The van der Waals surface area contributed by atoms with Crippen molar-refractivity contribution in [2.24, 2.45) is 11.8 Å². The highest BCUT2D eigenvalue weighted by Gasteiger charge is 2.31. The molecule has 6 heteroatoms. The number of hydrogen-bond acceptors (Lipinski definition) is 3. The Morgan fingerprint density at radius 3 is 2.12 bits per heavy atom. The number of hydrogen-bond donors (Lipinski definition) is 1. The Labute approximate surface area is 151 Å². The summed E-state index contributed by atoms with van der Waals surface area (Å²) in [5, 5.41) is 2.97. The van der Waals surface area contributed by atoms with Crippen molar-refractivity contribution in [1.82, 2.24) is 9.62 Å². The summed E-state index contributed by atoms with van der Waals surface area (Å²) < 4.78 is 27.3. The second kappa shape index (κ2) is 8.32. The van der Waals surface area contributed by atoms with Gasteiger partial charge in [-0.05, 0) is 55.4 Å². The maximum Gasteiger partial charge on any atom is 0.251 e. The van der Waals surface area contributed by atoms with Crippen molar-refractivity contribution in [2.75, 3.05) is 13.1 Å². The van der Waals surface area contributed by atoms with Crippen LogP contribution >= 0.6 is 0 Å². The van der Waals surface area contributed by atoms with Crippen molar-refractivity contribution >= 4 is 15.9 Å². The lowest BCUT2D eigenvalue weighted by molar-refractivity contribution is 0.0934. The molecule has 0 saturated carbocycles. The molecule has 0 radical (unpaired) electrons. The van der Waals surface area contributed by atoms with E-state index in [0.29, 0.717) is 30.5 Å². The summed E-state index contributed by atoms with van der Waals surface area (Å²) in [7, 11) is -3.50. The number of nitrogens with one attached hydrogen (secondary N) is 1. The van der Waals surface area contributed by atoms with E-state index >= 15 is 0 Å². The Bertz CT molecular complexity index is 671. The van der Waals surface area contributed by atoms with Crippen molar-refractivity contribution in [3.05, 3.63) is 29.8 Å². The van der Waals surface area contributed by atoms with Crippen LogP contribution < -0.4 is 5.32 Å². The minimum atomic E-state index is -3.50. The highest BCUT2D eigenvalue weighted by molar-refractivity contribution is 7.89. The van der Waals surface area contributed by atoms with Crippen molar-refractivity contribution in [3.63, 3.8) is 0 Å². The molecule has 1 N–H and O–H groups in total. The number of amides is 1. The van der Waals surface area contributed by atoms with E-state index in [1.807, 2.05) is 13.8 Å². The zero-order valence-corrected chi connectivity index (χ0v) is 16.5. The van der Waals surface area contributed by atoms with E-state index in [1.54, 1.807) is 28.6 Å². The molecule has 2 atom stereocenters. The van der Waals surface area contributed by atoms with E-state index in [4.69, 9.17) is 0 Å². The van der Waals surface area contributed by atoms with Crippen LogP contribution in [0.5, 0.6) is 0 Å². The number of benzene rings is 1. The second-order valence-corrected chi connectivity index (χ2v) is 9.22. The monoisotopic (exact) mass is 366 g/mol. The molecule has 140 valence electrons. The smallest absolute Gasteiger partial charge is 0.251 e. The number of piperidine rings is 1. The van der Waals surface area contributed by atoms with Crippen LogP contribution in [0.25, 0.3) is 0 Å². The maximum atomic E-state index is 12.9. The van der Waals surface area contributed by atoms with Gasteiger partial charge in [0.05, 0.1) is 4.90 Å². The van der Waals surface area contributed by atoms with Crippen LogP contribution in [0.2, 0.25) is 0 Å². The van der Waals surface area contributed by atoms with Gasteiger partial charge in [0.25, 0.3) is 5.91 Å². The Morgan fingerprint density at radius 1 is 1.12 bits per heavy atom. The molecule has 2 rings (SSSR count). The van der Waals surface area contributed by atoms with Gasteiger partial charge in [0, 0.05) is 24.7 Å². The molecule has 1 fully saturated rings. The lowest BCUT2D eigenvalue weighted by Gasteiger charge is -2.34. The SMILES string of the molecule is CCC(CC)NC(=O)c1ccc(S(=O)(=O)N2C[C@@H](C)C[C@H](C)C2)cc1. The minimum Gasteiger partial charge on any atom is -0.349 e. The second-order valence-electron chi connectivity index (χ2n) is 7.28. The van der Waals surface area contributed by atoms with Gasteiger partial charge in [-0.25, -0.2) is 8.42 Å². The van der Waals surface area contributed by atoms with Crippen LogP contribution in [0.1, 0.15) is 57.3 Å². The molecule has 1 amide bonds. The number of carbonyl (C=O) groups excluding carboxylic acids is 1. The normalized spacial score (nSPS) is 22.1. The number of carbonyl (C=O) groups is 1. The molecule has 0 bridgehead atoms. The average Bonchev–Trinajstić information content (AvgIpc) is 2.58. The lowest BCUT2D eigenvalue weighted by atomic mass is 9.94. The van der Waals surface area contributed by atoms with Gasteiger partial charge in [0.2, 0.25) is 10.0 Å². The quantitative estimate of drug-likeness (QED) is 0.840. The predicted molar refractivity (Wildman–Crippen MR) is 100.0 cm³/mol. The molecule has 1 aliphatic heterocycles. The minimum absolute atomic E-state index is 0.146. The number of rotatable bonds is 6. The third-order valence-corrected chi connectivity index (χ3v) is 6.76. The summed E-state index contributed by atoms with van der Waals surface area (Å²) in [6, 6.07) is 6.43. The van der Waals surface area contributed by atoms with Gasteiger partial charge in [-0.15, -0.1) is 0 Å². The Kier molecular flexibility index (Phi) is 6.63. The van der Waals surface area contributed by atoms with Crippen LogP contribution in [0, 0.1) is 11.8 Å². The maximum absolute atomic E-state index is 12.9. The fourth-order valence-corrected chi connectivity index (χ4v) is 5.17. The van der Waals surface area contributed by atoms with E-state index < -0.39 is 10.0 Å². The third-order valence-electron chi connectivity index (χ3n) is 4.91. The summed E-state index contributed by atoms with van der Waals surface area (Å²) in [6.45, 7) is 9.36. The molecule has 1 aromatic rings. The molecule has 0 unspecified atom stereocenters. The predicted octanol–water partition coefficient (Wildman–Crippen LogP) is 3.27. The zero-order valence-electron chi connectivity index (χ0n) is 15.7. The molecule has 0 aliphatic carbocycles. The van der Waals surface area contributed by atoms with E-state index in [9.17, 15) is 13.2 Å². The first-order valence-corrected chi connectivity index (χ1v) is 10.6. The molecular weight excluding hydrogens is 336 g/mol. The molecule has 5 nitrogen and oxygen atoms in total. The van der Waals surface area contributed by atoms with Crippen LogP contribution in [-0.2, 0) is 10.0 Å². The molecule has 1 heterocycles. The van der Waals surface area contributed by atoms with Gasteiger partial charge < -0.3 is 5.32 Å². The Balaban J connectivity index is 2.14. The highest BCUT2D eigenvalue weighted by atomic mass is 32.2. The number of nitrogens with zero attached hydrogens (tertiary/aromatic N) is 1. The van der Waals surface area contributed by atoms with E-state index in [-0.39, 0.29) is 16.8 Å². The molecule has 25 heavy (non-hydrogen) atoms. The van der Waals surface area contributed by atoms with Crippen LogP contribution in [0.3, 0.4) is 0 Å². The van der Waals surface area contributed by atoms with Gasteiger partial charge in [0.1, 0.15) is 0 Å². The Hall–Kier alpha value is -1.40. The molecule has 1 aliphatic rings. The van der Waals surface area contributed by atoms with Crippen LogP contribution in [0.4, 0.5) is 0 Å². The molecular formula is C19H30N2O3S. The summed E-state index contributed by atoms with van der Waals surface area (Å²) in [5.41, 5.74) is 0.492. The van der Waals surface area contributed by atoms with E-state index in [2.05, 4.69) is 19.2 Å². The van der Waals surface area contributed by atoms with Crippen molar-refractivity contribution in [3.8, 4) is 0 Å². The summed E-state index contributed by atoms with van der Waals surface area (Å²) in [5.74, 6) is 0.574. The standard InChI is InChI=1S/C19H30N2O3S/c1-5-17(6-2)20-19(22)16-7-9-18(10-8-16)25(23,24)21-12-14(3)11-15(4)13-21/h7-10,14-15,17H,5-6,11-13H2,1-4H3,(H,20,22)/t14-,15-/m0/s1. The van der Waals surface area contributed by atoms with Gasteiger partial charge in [0.15, 0.2) is 0 Å². The largest absolute Gasteiger partial charge is 0.349 e. The van der Waals surface area contributed by atoms with Gasteiger partial charge >= 0.3 is 0 Å². The Morgan fingerprint density at radius 2 is 1.64 bits per heavy atom. The van der Waals surface area contributed by atoms with Crippen LogP contribution in [-0.4, -0.2) is 37.8 Å². The zero-order chi connectivity index (χ0) is 18.6. The summed E-state index contributed by atoms with van der Waals surface area (Å²) >= 11 is 0. The van der Waals surface area contributed by atoms with Crippen LogP contribution in [0.15, 0.2) is 29.2 Å². The van der Waals surface area contributed by atoms with Crippen molar-refractivity contribution < 1.29 is 13.2 Å². The molecule has 1 aromatic carbocycles. The van der Waals surface area contributed by atoms with Gasteiger partial charge in [-0.1, -0.05) is 27.7 Å². The highest BCUT2D eigenvalue weighted by Crippen LogP contribution is 2.26. The fraction of sp³-hybridized carbons (Fsp3) is 0.632. The third kappa shape index (κ3) is 4.82. The number of sulfonamides is 1. The summed E-state index contributed by atoms with van der Waals surface area (Å²) in [6.07, 6.45) is 2.81. The average molecular weight is 367 g/mol. The first-order chi connectivity index (χ1) is 11.8. The first-order valence-electron chi connectivity index (χ1n) is 9.19. The lowest BCUT2D eigenvalue weighted by Crippen LogP contribution is -2.42. The summed E-state index contributed by atoms with van der Waals surface area (Å²) in [4.78, 5) is 12.5. The van der Waals surface area contributed by atoms with E-state index in [0.717, 1.165) is 19.3 Å². The molecule has 0 spiro atoms. The van der Waals surface area contributed by atoms with Crippen molar-refractivity contribution in [1.29, 1.82) is 0 Å². The van der Waals surface area contributed by atoms with E-state index in [1.165, 1.54) is 0 Å². The topological polar surface area (TPSA) is 66.5 Å². The van der Waals surface area contributed by atoms with Gasteiger partial charge in [-0.3, -0.25) is 4.79 Å². The fourth-order valence-electron chi connectivity index (χ4n) is 3.49. The van der Waals surface area contributed by atoms with Gasteiger partial charge in [-0.2, -0.15) is 4.31 Å². The molecule has 1 saturated heterocycles. The first kappa shape index (κ1) is 19.9. The van der Waals surface area contributed by atoms with Crippen molar-refractivity contribution in [2.45, 2.75) is 57.9 Å². The molecule has 0 aromatic heterocycles.